The fourth-order valence-electron chi connectivity index (χ4n) is 2.87. The van der Waals surface area contributed by atoms with Gasteiger partial charge in [-0.05, 0) is 49.2 Å². The molecule has 1 aromatic rings. The van der Waals surface area contributed by atoms with Crippen LogP contribution < -0.4 is 11.1 Å². The predicted octanol–water partition coefficient (Wildman–Crippen LogP) is 1.38. The van der Waals surface area contributed by atoms with Crippen LogP contribution in [-0.4, -0.2) is 17.4 Å². The average molecular weight is 255 g/mol. The first-order valence-corrected chi connectivity index (χ1v) is 6.73. The van der Waals surface area contributed by atoms with Crippen LogP contribution in [0.2, 0.25) is 0 Å². The summed E-state index contributed by atoms with van der Waals surface area (Å²) in [6, 6.07) is 5.44. The van der Waals surface area contributed by atoms with E-state index in [-0.39, 0.29) is 11.8 Å². The highest BCUT2D eigenvalue weighted by molar-refractivity contribution is 5.92. The zero-order chi connectivity index (χ0) is 13.2. The van der Waals surface area contributed by atoms with E-state index in [2.05, 4.69) is 22.1 Å². The van der Waals surface area contributed by atoms with Crippen LogP contribution in [0.5, 0.6) is 0 Å². The van der Waals surface area contributed by atoms with E-state index in [1.807, 2.05) is 12.1 Å². The molecule has 2 aliphatic carbocycles. The zero-order valence-electron chi connectivity index (χ0n) is 10.7. The summed E-state index contributed by atoms with van der Waals surface area (Å²) < 4.78 is 0. The van der Waals surface area contributed by atoms with E-state index in [9.17, 15) is 4.79 Å². The number of hydrogen-bond acceptors (Lipinski definition) is 3. The van der Waals surface area contributed by atoms with Gasteiger partial charge in [0.1, 0.15) is 11.5 Å². The third-order valence-corrected chi connectivity index (χ3v) is 3.93. The molecule has 0 radical (unpaired) electrons. The molecule has 3 rings (SSSR count). The summed E-state index contributed by atoms with van der Waals surface area (Å²) in [6.07, 6.45) is 3.42. The van der Waals surface area contributed by atoms with Crippen molar-refractivity contribution in [3.63, 3.8) is 0 Å². The molecule has 2 unspecified atom stereocenters. The van der Waals surface area contributed by atoms with Crippen molar-refractivity contribution >= 4 is 11.7 Å². The summed E-state index contributed by atoms with van der Waals surface area (Å²) in [5, 5.41) is 2.89. The molecule has 0 bridgehead atoms. The van der Waals surface area contributed by atoms with Gasteiger partial charge < -0.3 is 11.1 Å². The Labute approximate surface area is 112 Å². The number of aromatic nitrogens is 1. The van der Waals surface area contributed by atoms with E-state index in [0.717, 1.165) is 24.7 Å². The lowest BCUT2D eigenvalue weighted by atomic mass is 10.0. The maximum atomic E-state index is 12.1. The second-order valence-corrected chi connectivity index (χ2v) is 5.33. The number of hydrogen-bond donors (Lipinski definition) is 2. The van der Waals surface area contributed by atoms with Crippen molar-refractivity contribution in [2.45, 2.75) is 19.3 Å². The van der Waals surface area contributed by atoms with Crippen molar-refractivity contribution in [1.29, 1.82) is 0 Å². The molecule has 19 heavy (non-hydrogen) atoms. The largest absolute Gasteiger partial charge is 0.320 e. The predicted molar refractivity (Wildman–Crippen MR) is 73.1 cm³/mol. The Hall–Kier alpha value is -1.86. The van der Waals surface area contributed by atoms with Crippen molar-refractivity contribution in [1.82, 2.24) is 4.98 Å². The maximum Gasteiger partial charge on any atom is 0.228 e. The molecular formula is C15H17N3O. The number of anilines is 1. The number of pyridine rings is 1. The van der Waals surface area contributed by atoms with Gasteiger partial charge in [-0.3, -0.25) is 4.79 Å². The van der Waals surface area contributed by atoms with E-state index < -0.39 is 0 Å². The Morgan fingerprint density at radius 1 is 1.37 bits per heavy atom. The topological polar surface area (TPSA) is 68.0 Å². The number of nitrogens with zero attached hydrogens (tertiary/aromatic N) is 1. The Bertz CT molecular complexity index is 548. The number of nitrogens with one attached hydrogen (secondary N) is 1. The van der Waals surface area contributed by atoms with Crippen molar-refractivity contribution in [3.05, 3.63) is 23.9 Å². The Morgan fingerprint density at radius 2 is 2.16 bits per heavy atom. The fourth-order valence-corrected chi connectivity index (χ4v) is 2.87. The molecule has 1 aromatic heterocycles. The van der Waals surface area contributed by atoms with Crippen LogP contribution in [0.4, 0.5) is 5.82 Å². The molecule has 0 aliphatic heterocycles. The van der Waals surface area contributed by atoms with E-state index >= 15 is 0 Å². The van der Waals surface area contributed by atoms with Gasteiger partial charge in [0.2, 0.25) is 5.91 Å². The van der Waals surface area contributed by atoms with E-state index in [1.54, 1.807) is 6.07 Å². The molecule has 0 saturated heterocycles. The summed E-state index contributed by atoms with van der Waals surface area (Å²) in [7, 11) is 0. The van der Waals surface area contributed by atoms with Crippen LogP contribution >= 0.6 is 0 Å². The van der Waals surface area contributed by atoms with Crippen molar-refractivity contribution in [2.75, 3.05) is 11.9 Å². The summed E-state index contributed by atoms with van der Waals surface area (Å²) in [5.74, 6) is 8.09. The second kappa shape index (κ2) is 5.02. The standard InChI is InChI=1S/C15H17N3O/c16-6-2-4-13-3-1-5-14(17-13)18-15(19)12-8-10-7-11(10)9-12/h1,3,5,10-12H,6-9,16H2,(H,17,18,19). The van der Waals surface area contributed by atoms with Gasteiger partial charge in [0.05, 0.1) is 6.54 Å². The lowest BCUT2D eigenvalue weighted by molar-refractivity contribution is -0.120. The zero-order valence-corrected chi connectivity index (χ0v) is 10.7. The van der Waals surface area contributed by atoms with Gasteiger partial charge in [-0.15, -0.1) is 0 Å². The first kappa shape index (κ1) is 12.2. The first-order valence-electron chi connectivity index (χ1n) is 6.73. The lowest BCUT2D eigenvalue weighted by Crippen LogP contribution is -2.22. The molecule has 2 saturated carbocycles. The SMILES string of the molecule is NCC#Cc1cccc(NC(=O)C2CC3CC3C2)n1. The van der Waals surface area contributed by atoms with Gasteiger partial charge in [-0.1, -0.05) is 12.0 Å². The summed E-state index contributed by atoms with van der Waals surface area (Å²) in [6.45, 7) is 0.309. The molecule has 1 amide bonds. The molecule has 98 valence electrons. The highest BCUT2D eigenvalue weighted by atomic mass is 16.1. The van der Waals surface area contributed by atoms with Gasteiger partial charge >= 0.3 is 0 Å². The van der Waals surface area contributed by atoms with Crippen LogP contribution in [0.15, 0.2) is 18.2 Å². The quantitative estimate of drug-likeness (QED) is 0.784. The number of fused-ring (bicyclic) bond motifs is 1. The molecule has 0 spiro atoms. The van der Waals surface area contributed by atoms with E-state index in [1.165, 1.54) is 6.42 Å². The summed E-state index contributed by atoms with van der Waals surface area (Å²) in [4.78, 5) is 16.4. The van der Waals surface area contributed by atoms with Crippen molar-refractivity contribution in [3.8, 4) is 11.8 Å². The Kier molecular flexibility index (Phi) is 3.22. The molecule has 1 heterocycles. The number of carbonyl (C=O) groups excluding carboxylic acids is 1. The maximum absolute atomic E-state index is 12.1. The van der Waals surface area contributed by atoms with Gasteiger partial charge in [-0.25, -0.2) is 4.98 Å². The number of carbonyl (C=O) groups is 1. The Balaban J connectivity index is 1.64. The van der Waals surface area contributed by atoms with Crippen LogP contribution in [-0.2, 0) is 4.79 Å². The number of amides is 1. The third-order valence-electron chi connectivity index (χ3n) is 3.93. The van der Waals surface area contributed by atoms with Crippen molar-refractivity contribution in [2.24, 2.45) is 23.5 Å². The monoisotopic (exact) mass is 255 g/mol. The van der Waals surface area contributed by atoms with E-state index in [4.69, 9.17) is 5.73 Å². The lowest BCUT2D eigenvalue weighted by Gasteiger charge is -2.11. The van der Waals surface area contributed by atoms with Gasteiger partial charge in [-0.2, -0.15) is 0 Å². The van der Waals surface area contributed by atoms with Crippen LogP contribution in [0.25, 0.3) is 0 Å². The summed E-state index contributed by atoms with van der Waals surface area (Å²) in [5.41, 5.74) is 5.96. The van der Waals surface area contributed by atoms with Gasteiger partial charge in [0.25, 0.3) is 0 Å². The van der Waals surface area contributed by atoms with Crippen LogP contribution in [0.3, 0.4) is 0 Å². The third kappa shape index (κ3) is 2.77. The molecule has 2 fully saturated rings. The van der Waals surface area contributed by atoms with Crippen LogP contribution in [0, 0.1) is 29.6 Å². The minimum Gasteiger partial charge on any atom is -0.320 e. The average Bonchev–Trinajstić information content (AvgIpc) is 3.03. The number of nitrogens with two attached hydrogens (primary N) is 1. The minimum absolute atomic E-state index is 0.101. The molecular weight excluding hydrogens is 238 g/mol. The second-order valence-electron chi connectivity index (χ2n) is 5.33. The molecule has 4 heteroatoms. The molecule has 2 aliphatic rings. The molecule has 0 aromatic carbocycles. The summed E-state index contributed by atoms with van der Waals surface area (Å²) >= 11 is 0. The minimum atomic E-state index is 0.101. The van der Waals surface area contributed by atoms with Gasteiger partial charge in [0.15, 0.2) is 0 Å². The number of rotatable bonds is 2. The van der Waals surface area contributed by atoms with Crippen molar-refractivity contribution < 1.29 is 4.79 Å². The van der Waals surface area contributed by atoms with Gasteiger partial charge in [0, 0.05) is 5.92 Å². The Morgan fingerprint density at radius 3 is 2.89 bits per heavy atom. The fraction of sp³-hybridized carbons (Fsp3) is 0.467. The molecule has 3 N–H and O–H groups in total. The van der Waals surface area contributed by atoms with E-state index in [0.29, 0.717) is 18.1 Å². The smallest absolute Gasteiger partial charge is 0.228 e. The first-order chi connectivity index (χ1) is 9.26. The molecule has 2 atom stereocenters. The highest BCUT2D eigenvalue weighted by Crippen LogP contribution is 2.54. The normalized spacial score (nSPS) is 27.1. The van der Waals surface area contributed by atoms with Crippen LogP contribution in [0.1, 0.15) is 25.0 Å². The molecule has 4 nitrogen and oxygen atoms in total. The highest BCUT2D eigenvalue weighted by Gasteiger charge is 2.47.